The second-order valence-corrected chi connectivity index (χ2v) is 6.28. The van der Waals surface area contributed by atoms with Crippen LogP contribution in [0.1, 0.15) is 18.1 Å². The highest BCUT2D eigenvalue weighted by Crippen LogP contribution is 2.59. The first-order valence-corrected chi connectivity index (χ1v) is 7.97. The number of fused-ring (bicyclic) bond motifs is 2. The van der Waals surface area contributed by atoms with E-state index in [4.69, 9.17) is 14.2 Å². The zero-order chi connectivity index (χ0) is 17.8. The number of allylic oxidation sites excluding steroid dienone is 1. The number of benzene rings is 2. The highest BCUT2D eigenvalue weighted by Gasteiger charge is 2.61. The van der Waals surface area contributed by atoms with Gasteiger partial charge in [-0.05, 0) is 10.9 Å². The summed E-state index contributed by atoms with van der Waals surface area (Å²) in [7, 11) is 2.90. The molecule has 0 N–H and O–H groups in total. The fourth-order valence-electron chi connectivity index (χ4n) is 4.06. The van der Waals surface area contributed by atoms with Crippen LogP contribution in [0.2, 0.25) is 0 Å². The van der Waals surface area contributed by atoms with Gasteiger partial charge in [-0.3, -0.25) is 0 Å². The summed E-state index contributed by atoms with van der Waals surface area (Å²) in [5, 5.41) is 22.1. The lowest BCUT2D eigenvalue weighted by Gasteiger charge is -2.45. The summed E-state index contributed by atoms with van der Waals surface area (Å²) in [4.78, 5) is 0. The first-order valence-electron chi connectivity index (χ1n) is 7.97. The zero-order valence-electron chi connectivity index (χ0n) is 14.2. The Morgan fingerprint density at radius 2 is 1.60 bits per heavy atom. The van der Waals surface area contributed by atoms with Gasteiger partial charge in [-0.2, -0.15) is 10.5 Å². The summed E-state index contributed by atoms with van der Waals surface area (Å²) in [6.07, 6.45) is 0. The standard InChI is InChI=1S/C20H16N2O3/c1-12-19(10-21,11-22)17-14-8-4-6-13-7-5-9-15(16(13)14)18(17)25-20(12,23-2)24-3/h4-9,12H,1-3H3/t12-/m1/s1. The monoisotopic (exact) mass is 332 g/mol. The molecule has 5 nitrogen and oxygen atoms in total. The van der Waals surface area contributed by atoms with Crippen molar-refractivity contribution in [2.45, 2.75) is 12.9 Å². The number of hydrogen-bond acceptors (Lipinski definition) is 5. The summed E-state index contributed by atoms with van der Waals surface area (Å²) in [5.41, 5.74) is 0.858. The van der Waals surface area contributed by atoms with Crippen molar-refractivity contribution < 1.29 is 14.2 Å². The van der Waals surface area contributed by atoms with Crippen molar-refractivity contribution in [2.24, 2.45) is 11.3 Å². The van der Waals surface area contributed by atoms with E-state index in [1.54, 1.807) is 6.92 Å². The molecule has 124 valence electrons. The maximum atomic E-state index is 10.0. The molecule has 0 unspecified atom stereocenters. The van der Waals surface area contributed by atoms with Crippen molar-refractivity contribution in [3.63, 3.8) is 0 Å². The topological polar surface area (TPSA) is 75.3 Å². The molecule has 0 spiro atoms. The van der Waals surface area contributed by atoms with E-state index in [0.717, 1.165) is 21.9 Å². The van der Waals surface area contributed by atoms with E-state index in [2.05, 4.69) is 12.1 Å². The Balaban J connectivity index is 2.13. The largest absolute Gasteiger partial charge is 0.438 e. The highest BCUT2D eigenvalue weighted by atomic mass is 16.9. The number of hydrogen-bond donors (Lipinski definition) is 0. The van der Waals surface area contributed by atoms with Crippen molar-refractivity contribution in [1.29, 1.82) is 10.5 Å². The van der Waals surface area contributed by atoms with E-state index < -0.39 is 17.3 Å². The van der Waals surface area contributed by atoms with Gasteiger partial charge >= 0.3 is 5.97 Å². The van der Waals surface area contributed by atoms with Crippen molar-refractivity contribution in [3.05, 3.63) is 47.5 Å². The van der Waals surface area contributed by atoms with Crippen LogP contribution in [0.3, 0.4) is 0 Å². The molecule has 0 bridgehead atoms. The van der Waals surface area contributed by atoms with Crippen LogP contribution in [-0.2, 0) is 14.2 Å². The molecule has 1 atom stereocenters. The van der Waals surface area contributed by atoms with Crippen molar-refractivity contribution in [3.8, 4) is 12.1 Å². The van der Waals surface area contributed by atoms with Gasteiger partial charge in [-0.25, -0.2) is 0 Å². The van der Waals surface area contributed by atoms with Gasteiger partial charge in [-0.15, -0.1) is 0 Å². The normalized spacial score (nSPS) is 22.0. The fraction of sp³-hybridized carbons (Fsp3) is 0.300. The highest BCUT2D eigenvalue weighted by molar-refractivity contribution is 6.14. The van der Waals surface area contributed by atoms with Gasteiger partial charge in [0, 0.05) is 30.7 Å². The smallest absolute Gasteiger partial charge is 0.332 e. The molecule has 0 radical (unpaired) electrons. The number of ether oxygens (including phenoxy) is 3. The number of nitriles is 2. The molecule has 25 heavy (non-hydrogen) atoms. The molecule has 1 aliphatic heterocycles. The van der Waals surface area contributed by atoms with Crippen LogP contribution >= 0.6 is 0 Å². The summed E-state index contributed by atoms with van der Waals surface area (Å²) in [5.74, 6) is -1.68. The zero-order valence-corrected chi connectivity index (χ0v) is 14.2. The Hall–Kier alpha value is -2.86. The molecule has 1 aliphatic carbocycles. The lowest BCUT2D eigenvalue weighted by atomic mass is 9.68. The van der Waals surface area contributed by atoms with Crippen LogP contribution in [0.25, 0.3) is 22.1 Å². The van der Waals surface area contributed by atoms with Crippen molar-refractivity contribution in [1.82, 2.24) is 0 Å². The van der Waals surface area contributed by atoms with Gasteiger partial charge in [0.2, 0.25) is 0 Å². The Bertz CT molecular complexity index is 987. The first kappa shape index (κ1) is 15.7. The van der Waals surface area contributed by atoms with E-state index in [1.165, 1.54) is 14.2 Å². The number of nitrogens with zero attached hydrogens (tertiary/aromatic N) is 2. The molecule has 4 rings (SSSR count). The van der Waals surface area contributed by atoms with E-state index in [9.17, 15) is 10.5 Å². The third-order valence-electron chi connectivity index (χ3n) is 5.39. The van der Waals surface area contributed by atoms with Crippen LogP contribution in [0.5, 0.6) is 0 Å². The van der Waals surface area contributed by atoms with E-state index in [1.807, 2.05) is 36.4 Å². The maximum Gasteiger partial charge on any atom is 0.332 e. The lowest BCUT2D eigenvalue weighted by molar-refractivity contribution is -0.369. The number of rotatable bonds is 2. The van der Waals surface area contributed by atoms with E-state index in [-0.39, 0.29) is 0 Å². The van der Waals surface area contributed by atoms with Gasteiger partial charge in [0.05, 0.1) is 18.1 Å². The molecule has 1 heterocycles. The minimum atomic E-state index is -1.51. The fourth-order valence-corrected chi connectivity index (χ4v) is 4.06. The predicted molar refractivity (Wildman–Crippen MR) is 91.4 cm³/mol. The summed E-state index contributed by atoms with van der Waals surface area (Å²) < 4.78 is 17.2. The maximum absolute atomic E-state index is 10.0. The van der Waals surface area contributed by atoms with Crippen LogP contribution in [0, 0.1) is 34.0 Å². The van der Waals surface area contributed by atoms with Crippen LogP contribution in [0.4, 0.5) is 0 Å². The lowest BCUT2D eigenvalue weighted by Crippen LogP contribution is -2.53. The Kier molecular flexibility index (Phi) is 3.17. The second-order valence-electron chi connectivity index (χ2n) is 6.28. The van der Waals surface area contributed by atoms with Gasteiger partial charge in [-0.1, -0.05) is 43.3 Å². The summed E-state index contributed by atoms with van der Waals surface area (Å²) in [6, 6.07) is 16.2. The summed E-state index contributed by atoms with van der Waals surface area (Å²) in [6.45, 7) is 1.74. The molecule has 0 amide bonds. The molecular formula is C20H16N2O3. The third kappa shape index (κ3) is 1.67. The molecule has 2 aromatic carbocycles. The molecule has 0 saturated heterocycles. The Morgan fingerprint density at radius 1 is 1.00 bits per heavy atom. The Morgan fingerprint density at radius 3 is 2.16 bits per heavy atom. The molecule has 0 saturated carbocycles. The SMILES string of the molecule is COC1(OC)OC2=C(c3cccc4cccc2c34)C(C#N)(C#N)[C@H]1C. The summed E-state index contributed by atoms with van der Waals surface area (Å²) >= 11 is 0. The average molecular weight is 332 g/mol. The average Bonchev–Trinajstić information content (AvgIpc) is 2.98. The van der Waals surface area contributed by atoms with Crippen molar-refractivity contribution >= 4 is 22.1 Å². The van der Waals surface area contributed by atoms with Crippen LogP contribution in [-0.4, -0.2) is 20.2 Å². The molecule has 5 heteroatoms. The first-order chi connectivity index (χ1) is 12.1. The minimum Gasteiger partial charge on any atom is -0.438 e. The van der Waals surface area contributed by atoms with Gasteiger partial charge in [0.15, 0.2) is 5.41 Å². The predicted octanol–water partition coefficient (Wildman–Crippen LogP) is 3.67. The second kappa shape index (κ2) is 5.07. The number of methoxy groups -OCH3 is 2. The third-order valence-corrected chi connectivity index (χ3v) is 5.39. The minimum absolute atomic E-state index is 0.483. The Labute approximate surface area is 145 Å². The molecule has 0 fully saturated rings. The molecular weight excluding hydrogens is 316 g/mol. The molecule has 2 aromatic rings. The van der Waals surface area contributed by atoms with Gasteiger partial charge in [0.1, 0.15) is 5.76 Å². The van der Waals surface area contributed by atoms with Gasteiger partial charge in [0.25, 0.3) is 0 Å². The van der Waals surface area contributed by atoms with Crippen LogP contribution < -0.4 is 0 Å². The molecule has 0 aromatic heterocycles. The van der Waals surface area contributed by atoms with Gasteiger partial charge < -0.3 is 14.2 Å². The van der Waals surface area contributed by atoms with E-state index >= 15 is 0 Å². The van der Waals surface area contributed by atoms with E-state index in [0.29, 0.717) is 11.3 Å². The van der Waals surface area contributed by atoms with Crippen molar-refractivity contribution in [2.75, 3.05) is 14.2 Å². The quantitative estimate of drug-likeness (QED) is 0.784. The van der Waals surface area contributed by atoms with Crippen LogP contribution in [0.15, 0.2) is 36.4 Å². The molecule has 2 aliphatic rings.